The van der Waals surface area contributed by atoms with Gasteiger partial charge in [0.25, 0.3) is 5.91 Å². The van der Waals surface area contributed by atoms with E-state index in [0.29, 0.717) is 13.2 Å². The highest BCUT2D eigenvalue weighted by Gasteiger charge is 2.52. The zero-order chi connectivity index (χ0) is 16.4. The summed E-state index contributed by atoms with van der Waals surface area (Å²) in [4.78, 5) is 39.2. The van der Waals surface area contributed by atoms with E-state index in [9.17, 15) is 14.4 Å². The Morgan fingerprint density at radius 3 is 2.83 bits per heavy atom. The summed E-state index contributed by atoms with van der Waals surface area (Å²) in [6.45, 7) is 1.75. The van der Waals surface area contributed by atoms with Gasteiger partial charge in [-0.2, -0.15) is 0 Å². The average Bonchev–Trinajstić information content (AvgIpc) is 2.79. The van der Waals surface area contributed by atoms with Crippen LogP contribution in [-0.4, -0.2) is 66.2 Å². The first kappa shape index (κ1) is 16.6. The lowest BCUT2D eigenvalue weighted by Gasteiger charge is -2.32. The van der Waals surface area contributed by atoms with Crippen molar-refractivity contribution in [2.24, 2.45) is 0 Å². The van der Waals surface area contributed by atoms with Crippen molar-refractivity contribution in [3.05, 3.63) is 0 Å². The van der Waals surface area contributed by atoms with Gasteiger partial charge in [0.2, 0.25) is 0 Å². The minimum absolute atomic E-state index is 0.0810. The number of hydrogen-bond acceptors (Lipinski definition) is 5. The number of nitrogens with one attached hydrogen (secondary N) is 2. The summed E-state index contributed by atoms with van der Waals surface area (Å²) in [6, 6.07) is -0.280. The van der Waals surface area contributed by atoms with Crippen LogP contribution in [0.3, 0.4) is 0 Å². The Hall–Kier alpha value is -1.28. The molecule has 2 saturated heterocycles. The molecule has 2 aliphatic heterocycles. The van der Waals surface area contributed by atoms with Crippen LogP contribution in [0.1, 0.15) is 32.1 Å². The summed E-state index contributed by atoms with van der Waals surface area (Å²) in [5, 5.41) is 2.72. The van der Waals surface area contributed by atoms with E-state index >= 15 is 0 Å². The van der Waals surface area contributed by atoms with E-state index < -0.39 is 5.54 Å². The summed E-state index contributed by atoms with van der Waals surface area (Å²) in [5.41, 5.74) is -0.666. The SMILES string of the molecule is COC(=O)[C@@H]1C[NH+](CN2C(=O)NC3(CCCCC3)C2=O)CCS1. The van der Waals surface area contributed by atoms with Crippen LogP contribution >= 0.6 is 11.8 Å². The van der Waals surface area contributed by atoms with E-state index in [2.05, 4.69) is 5.32 Å². The van der Waals surface area contributed by atoms with Gasteiger partial charge in [0.15, 0.2) is 11.9 Å². The molecule has 0 radical (unpaired) electrons. The van der Waals surface area contributed by atoms with Gasteiger partial charge in [0.1, 0.15) is 12.1 Å². The molecular weight excluding hydrogens is 318 g/mol. The lowest BCUT2D eigenvalue weighted by molar-refractivity contribution is -0.905. The Kier molecular flexibility index (Phi) is 4.82. The number of urea groups is 1. The molecule has 1 unspecified atom stereocenters. The average molecular weight is 342 g/mol. The molecule has 1 spiro atoms. The third-order valence-electron chi connectivity index (χ3n) is 5.05. The molecule has 0 aromatic rings. The smallest absolute Gasteiger partial charge is 0.329 e. The molecule has 3 rings (SSSR count). The highest BCUT2D eigenvalue weighted by atomic mass is 32.2. The lowest BCUT2D eigenvalue weighted by Crippen LogP contribution is -3.16. The largest absolute Gasteiger partial charge is 0.468 e. The molecule has 23 heavy (non-hydrogen) atoms. The first-order chi connectivity index (χ1) is 11.1. The number of nitrogens with zero attached hydrogens (tertiary/aromatic N) is 1. The summed E-state index contributed by atoms with van der Waals surface area (Å²) in [7, 11) is 1.39. The number of thioether (sulfide) groups is 1. The first-order valence-corrected chi connectivity index (χ1v) is 9.28. The normalized spacial score (nSPS) is 30.4. The van der Waals surface area contributed by atoms with Gasteiger partial charge in [-0.15, -0.1) is 11.8 Å². The summed E-state index contributed by atoms with van der Waals surface area (Å²) in [6.07, 6.45) is 4.57. The van der Waals surface area contributed by atoms with Gasteiger partial charge in [0.05, 0.1) is 13.7 Å². The monoisotopic (exact) mass is 342 g/mol. The highest BCUT2D eigenvalue weighted by molar-refractivity contribution is 8.00. The predicted molar refractivity (Wildman–Crippen MR) is 85.0 cm³/mol. The molecule has 2 atom stereocenters. The maximum atomic E-state index is 12.8. The van der Waals surface area contributed by atoms with Gasteiger partial charge in [-0.1, -0.05) is 19.3 Å². The number of quaternary nitrogens is 1. The molecule has 8 heteroatoms. The fraction of sp³-hybridized carbons (Fsp3) is 0.800. The number of amides is 3. The Morgan fingerprint density at radius 2 is 2.13 bits per heavy atom. The molecule has 7 nitrogen and oxygen atoms in total. The second-order valence-corrected chi connectivity index (χ2v) is 7.86. The molecule has 3 amide bonds. The standard InChI is InChI=1S/C15H23N3O4S/c1-22-12(19)11-9-17(7-8-23-11)10-18-13(20)15(16-14(18)21)5-3-2-4-6-15/h11H,2-10H2,1H3,(H,16,21)/p+1/t11-/m0/s1. The van der Waals surface area contributed by atoms with Gasteiger partial charge in [-0.25, -0.2) is 9.69 Å². The molecule has 0 bridgehead atoms. The van der Waals surface area contributed by atoms with Crippen LogP contribution in [0.25, 0.3) is 0 Å². The summed E-state index contributed by atoms with van der Waals surface area (Å²) >= 11 is 1.58. The number of hydrogen-bond donors (Lipinski definition) is 2. The Bertz CT molecular complexity index is 507. The minimum Gasteiger partial charge on any atom is -0.468 e. The maximum Gasteiger partial charge on any atom is 0.329 e. The third-order valence-corrected chi connectivity index (χ3v) is 6.25. The van der Waals surface area contributed by atoms with E-state index in [-0.39, 0.29) is 23.2 Å². The van der Waals surface area contributed by atoms with Crippen LogP contribution < -0.4 is 10.2 Å². The molecule has 128 valence electrons. The van der Waals surface area contributed by atoms with E-state index in [1.54, 1.807) is 11.8 Å². The summed E-state index contributed by atoms with van der Waals surface area (Å²) in [5.74, 6) is 0.514. The van der Waals surface area contributed by atoms with E-state index in [0.717, 1.165) is 49.3 Å². The molecule has 2 N–H and O–H groups in total. The van der Waals surface area contributed by atoms with Crippen LogP contribution in [0.5, 0.6) is 0 Å². The van der Waals surface area contributed by atoms with Crippen molar-refractivity contribution in [2.75, 3.05) is 32.6 Å². The third kappa shape index (κ3) is 3.19. The summed E-state index contributed by atoms with van der Waals surface area (Å²) < 4.78 is 4.81. The molecule has 0 aromatic heterocycles. The van der Waals surface area contributed by atoms with Crippen LogP contribution in [0.15, 0.2) is 0 Å². The zero-order valence-corrected chi connectivity index (χ0v) is 14.2. The Balaban J connectivity index is 1.64. The van der Waals surface area contributed by atoms with Crippen molar-refractivity contribution in [1.82, 2.24) is 10.2 Å². The van der Waals surface area contributed by atoms with E-state index in [1.165, 1.54) is 12.0 Å². The lowest BCUT2D eigenvalue weighted by atomic mass is 9.82. The number of ether oxygens (including phenoxy) is 1. The van der Waals surface area contributed by atoms with Crippen molar-refractivity contribution < 1.29 is 24.0 Å². The minimum atomic E-state index is -0.666. The quantitative estimate of drug-likeness (QED) is 0.527. The molecular formula is C15H24N3O4S+. The molecule has 1 saturated carbocycles. The van der Waals surface area contributed by atoms with Gasteiger partial charge < -0.3 is 15.0 Å². The molecule has 3 fully saturated rings. The number of carbonyl (C=O) groups is 3. The maximum absolute atomic E-state index is 12.8. The van der Waals surface area contributed by atoms with E-state index in [1.807, 2.05) is 0 Å². The van der Waals surface area contributed by atoms with Crippen LogP contribution in [0, 0.1) is 0 Å². The second kappa shape index (κ2) is 6.68. The number of rotatable bonds is 3. The number of methoxy groups -OCH3 is 1. The van der Waals surface area contributed by atoms with Crippen molar-refractivity contribution >= 4 is 29.7 Å². The second-order valence-electron chi connectivity index (χ2n) is 6.55. The predicted octanol–water partition coefficient (Wildman–Crippen LogP) is -0.628. The Morgan fingerprint density at radius 1 is 1.39 bits per heavy atom. The highest BCUT2D eigenvalue weighted by Crippen LogP contribution is 2.33. The van der Waals surface area contributed by atoms with Crippen LogP contribution in [0.4, 0.5) is 4.79 Å². The fourth-order valence-electron chi connectivity index (χ4n) is 3.73. The van der Waals surface area contributed by atoms with Crippen molar-refractivity contribution in [3.8, 4) is 0 Å². The van der Waals surface area contributed by atoms with Crippen molar-refractivity contribution in [1.29, 1.82) is 0 Å². The number of esters is 1. The number of imide groups is 1. The molecule has 0 aromatic carbocycles. The first-order valence-electron chi connectivity index (χ1n) is 8.23. The van der Waals surface area contributed by atoms with Crippen LogP contribution in [-0.2, 0) is 14.3 Å². The fourth-order valence-corrected chi connectivity index (χ4v) is 5.01. The van der Waals surface area contributed by atoms with Gasteiger partial charge in [0, 0.05) is 5.75 Å². The van der Waals surface area contributed by atoms with Crippen molar-refractivity contribution in [2.45, 2.75) is 42.9 Å². The van der Waals surface area contributed by atoms with Gasteiger partial charge in [-0.05, 0) is 12.8 Å². The van der Waals surface area contributed by atoms with E-state index in [4.69, 9.17) is 4.74 Å². The van der Waals surface area contributed by atoms with Gasteiger partial charge >= 0.3 is 12.0 Å². The topological polar surface area (TPSA) is 80.2 Å². The van der Waals surface area contributed by atoms with Gasteiger partial charge in [-0.3, -0.25) is 9.59 Å². The molecule has 3 aliphatic rings. The Labute approximate surface area is 140 Å². The molecule has 2 heterocycles. The van der Waals surface area contributed by atoms with Crippen LogP contribution in [0.2, 0.25) is 0 Å². The zero-order valence-electron chi connectivity index (χ0n) is 13.4. The number of carbonyl (C=O) groups excluding carboxylic acids is 3. The van der Waals surface area contributed by atoms with Crippen molar-refractivity contribution in [3.63, 3.8) is 0 Å². The molecule has 1 aliphatic carbocycles.